The van der Waals surface area contributed by atoms with Gasteiger partial charge in [0.05, 0.1) is 28.8 Å². The van der Waals surface area contributed by atoms with Crippen molar-refractivity contribution in [1.82, 2.24) is 9.55 Å². The molecule has 6 heteroatoms. The van der Waals surface area contributed by atoms with Gasteiger partial charge in [-0.25, -0.2) is 14.2 Å². The highest BCUT2D eigenvalue weighted by Gasteiger charge is 2.35. The largest absolute Gasteiger partial charge is 0.459 e. The van der Waals surface area contributed by atoms with Crippen LogP contribution in [0.15, 0.2) is 59.8 Å². The van der Waals surface area contributed by atoms with Crippen molar-refractivity contribution in [2.24, 2.45) is 0 Å². The first kappa shape index (κ1) is 17.3. The first-order valence-electron chi connectivity index (χ1n) is 8.87. The average molecular weight is 365 g/mol. The van der Waals surface area contributed by atoms with Crippen molar-refractivity contribution in [1.29, 1.82) is 0 Å². The van der Waals surface area contributed by atoms with E-state index in [0.29, 0.717) is 17.2 Å². The van der Waals surface area contributed by atoms with Crippen LogP contribution in [0, 0.1) is 5.82 Å². The van der Waals surface area contributed by atoms with Crippen LogP contribution in [0.4, 0.5) is 10.3 Å². The second-order valence-electron chi connectivity index (χ2n) is 6.87. The summed E-state index contributed by atoms with van der Waals surface area (Å²) in [5.74, 6) is -0.0766. The number of hydrogen-bond donors (Lipinski definition) is 1. The standard InChI is InChI=1S/C21H20FN3O2/c1-12(2)27-20(26)18-13(3)23-21-24-16-6-4-5-7-17(16)25(21)19(18)14-8-10-15(22)11-9-14/h4-12,19H,1-3H3,(H,23,24). The lowest BCUT2D eigenvalue weighted by Gasteiger charge is -2.30. The summed E-state index contributed by atoms with van der Waals surface area (Å²) in [6, 6.07) is 13.5. The Balaban J connectivity index is 1.95. The summed E-state index contributed by atoms with van der Waals surface area (Å²) >= 11 is 0. The molecule has 1 atom stereocenters. The lowest BCUT2D eigenvalue weighted by atomic mass is 9.95. The van der Waals surface area contributed by atoms with E-state index in [0.717, 1.165) is 16.6 Å². The fourth-order valence-corrected chi connectivity index (χ4v) is 3.47. The summed E-state index contributed by atoms with van der Waals surface area (Å²) in [7, 11) is 0. The third-order valence-corrected chi connectivity index (χ3v) is 4.58. The molecule has 0 saturated heterocycles. The van der Waals surface area contributed by atoms with Crippen LogP contribution in [0.3, 0.4) is 0 Å². The van der Waals surface area contributed by atoms with E-state index in [9.17, 15) is 9.18 Å². The van der Waals surface area contributed by atoms with Gasteiger partial charge in [0.2, 0.25) is 5.95 Å². The van der Waals surface area contributed by atoms with Crippen LogP contribution in [0.25, 0.3) is 11.0 Å². The van der Waals surface area contributed by atoms with E-state index >= 15 is 0 Å². The molecule has 0 bridgehead atoms. The third-order valence-electron chi connectivity index (χ3n) is 4.58. The number of nitrogens with one attached hydrogen (secondary N) is 1. The van der Waals surface area contributed by atoms with Crippen LogP contribution in [0.1, 0.15) is 32.4 Å². The van der Waals surface area contributed by atoms with Crippen molar-refractivity contribution < 1.29 is 13.9 Å². The van der Waals surface area contributed by atoms with Gasteiger partial charge < -0.3 is 10.1 Å². The van der Waals surface area contributed by atoms with Crippen molar-refractivity contribution in [3.8, 4) is 0 Å². The fourth-order valence-electron chi connectivity index (χ4n) is 3.47. The molecule has 1 aliphatic rings. The van der Waals surface area contributed by atoms with Gasteiger partial charge in [-0.05, 0) is 50.6 Å². The van der Waals surface area contributed by atoms with Gasteiger partial charge in [0.1, 0.15) is 5.82 Å². The Morgan fingerprint density at radius 1 is 1.19 bits per heavy atom. The molecule has 0 spiro atoms. The van der Waals surface area contributed by atoms with Crippen molar-refractivity contribution in [3.63, 3.8) is 0 Å². The van der Waals surface area contributed by atoms with E-state index in [1.165, 1.54) is 12.1 Å². The number of imidazole rings is 1. The van der Waals surface area contributed by atoms with Crippen molar-refractivity contribution in [2.75, 3.05) is 5.32 Å². The number of para-hydroxylation sites is 2. The second-order valence-corrected chi connectivity index (χ2v) is 6.87. The Morgan fingerprint density at radius 2 is 1.89 bits per heavy atom. The number of ether oxygens (including phenoxy) is 1. The molecule has 0 radical (unpaired) electrons. The van der Waals surface area contributed by atoms with Gasteiger partial charge in [0, 0.05) is 5.70 Å². The SMILES string of the molecule is CC1=C(C(=O)OC(C)C)C(c2ccc(F)cc2)n2c(nc3ccccc32)N1. The summed E-state index contributed by atoms with van der Waals surface area (Å²) < 4.78 is 21.0. The van der Waals surface area contributed by atoms with Gasteiger partial charge >= 0.3 is 5.97 Å². The summed E-state index contributed by atoms with van der Waals surface area (Å²) in [5, 5.41) is 3.22. The van der Waals surface area contributed by atoms with Crippen LogP contribution in [0.5, 0.6) is 0 Å². The highest BCUT2D eigenvalue weighted by molar-refractivity contribution is 5.94. The Hall–Kier alpha value is -3.15. The van der Waals surface area contributed by atoms with Crippen LogP contribution < -0.4 is 5.32 Å². The Bertz CT molecular complexity index is 1050. The molecule has 1 aliphatic heterocycles. The molecule has 2 aromatic carbocycles. The van der Waals surface area contributed by atoms with Crippen LogP contribution >= 0.6 is 0 Å². The number of benzene rings is 2. The zero-order valence-corrected chi connectivity index (χ0v) is 15.4. The molecule has 3 aromatic rings. The molecule has 1 unspecified atom stereocenters. The molecular weight excluding hydrogens is 345 g/mol. The molecule has 1 aromatic heterocycles. The molecular formula is C21H20FN3O2. The maximum Gasteiger partial charge on any atom is 0.338 e. The molecule has 0 fully saturated rings. The van der Waals surface area contributed by atoms with E-state index in [1.807, 2.05) is 49.6 Å². The molecule has 5 nitrogen and oxygen atoms in total. The monoisotopic (exact) mass is 365 g/mol. The fraction of sp³-hybridized carbons (Fsp3) is 0.238. The topological polar surface area (TPSA) is 56.2 Å². The molecule has 0 saturated carbocycles. The number of hydrogen-bond acceptors (Lipinski definition) is 4. The van der Waals surface area contributed by atoms with Gasteiger partial charge in [-0.1, -0.05) is 24.3 Å². The molecule has 4 rings (SSSR count). The minimum Gasteiger partial charge on any atom is -0.459 e. The molecule has 0 amide bonds. The van der Waals surface area contributed by atoms with Gasteiger partial charge in [-0.3, -0.25) is 4.57 Å². The third kappa shape index (κ3) is 2.97. The Kier molecular flexibility index (Phi) is 4.18. The molecule has 1 N–H and O–H groups in total. The maximum atomic E-state index is 13.5. The number of carbonyl (C=O) groups excluding carboxylic acids is 1. The van der Waals surface area contributed by atoms with Crippen molar-refractivity contribution >= 4 is 23.0 Å². The number of halogens is 1. The Morgan fingerprint density at radius 3 is 2.59 bits per heavy atom. The number of carbonyl (C=O) groups is 1. The van der Waals surface area contributed by atoms with Crippen molar-refractivity contribution in [2.45, 2.75) is 32.9 Å². The van der Waals surface area contributed by atoms with Crippen LogP contribution in [0.2, 0.25) is 0 Å². The zero-order valence-electron chi connectivity index (χ0n) is 15.4. The number of allylic oxidation sites excluding steroid dienone is 1. The van der Waals surface area contributed by atoms with Gasteiger partial charge in [-0.2, -0.15) is 0 Å². The van der Waals surface area contributed by atoms with E-state index in [2.05, 4.69) is 10.3 Å². The normalized spacial score (nSPS) is 16.4. The highest BCUT2D eigenvalue weighted by atomic mass is 19.1. The second kappa shape index (κ2) is 6.54. The molecule has 138 valence electrons. The first-order chi connectivity index (χ1) is 13.0. The Labute approximate surface area is 156 Å². The van der Waals surface area contributed by atoms with E-state index < -0.39 is 12.0 Å². The van der Waals surface area contributed by atoms with Gasteiger partial charge in [0.25, 0.3) is 0 Å². The van der Waals surface area contributed by atoms with E-state index in [1.54, 1.807) is 12.1 Å². The van der Waals surface area contributed by atoms with E-state index in [4.69, 9.17) is 4.74 Å². The van der Waals surface area contributed by atoms with Gasteiger partial charge in [-0.15, -0.1) is 0 Å². The summed E-state index contributed by atoms with van der Waals surface area (Å²) in [4.78, 5) is 17.6. The predicted molar refractivity (Wildman–Crippen MR) is 102 cm³/mol. The maximum absolute atomic E-state index is 13.5. The number of rotatable bonds is 3. The summed E-state index contributed by atoms with van der Waals surface area (Å²) in [6.07, 6.45) is -0.243. The predicted octanol–water partition coefficient (Wildman–Crippen LogP) is 4.42. The quantitative estimate of drug-likeness (QED) is 0.698. The molecule has 0 aliphatic carbocycles. The van der Waals surface area contributed by atoms with E-state index in [-0.39, 0.29) is 11.9 Å². The zero-order chi connectivity index (χ0) is 19.1. The minimum absolute atomic E-state index is 0.243. The van der Waals surface area contributed by atoms with Crippen LogP contribution in [-0.2, 0) is 9.53 Å². The smallest absolute Gasteiger partial charge is 0.338 e. The number of anilines is 1. The van der Waals surface area contributed by atoms with Crippen molar-refractivity contribution in [3.05, 3.63) is 71.2 Å². The number of nitrogens with zero attached hydrogens (tertiary/aromatic N) is 2. The molecule has 2 heterocycles. The lowest BCUT2D eigenvalue weighted by Crippen LogP contribution is -2.30. The summed E-state index contributed by atoms with van der Waals surface area (Å²) in [6.45, 7) is 5.46. The minimum atomic E-state index is -0.458. The summed E-state index contributed by atoms with van der Waals surface area (Å²) in [5.41, 5.74) is 3.66. The number of fused-ring (bicyclic) bond motifs is 3. The number of aromatic nitrogens is 2. The number of esters is 1. The lowest BCUT2D eigenvalue weighted by molar-refractivity contribution is -0.143. The van der Waals surface area contributed by atoms with Crippen LogP contribution in [-0.4, -0.2) is 21.6 Å². The first-order valence-corrected chi connectivity index (χ1v) is 8.87. The average Bonchev–Trinajstić information content (AvgIpc) is 2.98. The highest BCUT2D eigenvalue weighted by Crippen LogP contribution is 2.39. The van der Waals surface area contributed by atoms with Gasteiger partial charge in [0.15, 0.2) is 0 Å². The molecule has 27 heavy (non-hydrogen) atoms.